The summed E-state index contributed by atoms with van der Waals surface area (Å²) >= 11 is 3.69. The van der Waals surface area contributed by atoms with Crippen molar-refractivity contribution >= 4 is 15.9 Å². The summed E-state index contributed by atoms with van der Waals surface area (Å²) < 4.78 is 6.81. The lowest BCUT2D eigenvalue weighted by molar-refractivity contribution is 0.404. The van der Waals surface area contributed by atoms with Crippen LogP contribution in [0.2, 0.25) is 0 Å². The standard InChI is InChI=1S/C15H24BrNO/c1-9(2)17-8-7-13-12(5)14(16)10(3)11(4)15(13)18-6/h9,17H,7-8H2,1-6H3. The van der Waals surface area contributed by atoms with Crippen LogP contribution < -0.4 is 10.1 Å². The van der Waals surface area contributed by atoms with Gasteiger partial charge in [-0.1, -0.05) is 29.8 Å². The fourth-order valence-electron chi connectivity index (χ4n) is 2.21. The van der Waals surface area contributed by atoms with Crippen molar-refractivity contribution in [3.63, 3.8) is 0 Å². The first kappa shape index (κ1) is 15.5. The van der Waals surface area contributed by atoms with Crippen LogP contribution in [0.1, 0.15) is 36.1 Å². The van der Waals surface area contributed by atoms with Gasteiger partial charge in [0.05, 0.1) is 7.11 Å². The molecule has 1 aromatic rings. The lowest BCUT2D eigenvalue weighted by Gasteiger charge is -2.19. The topological polar surface area (TPSA) is 21.3 Å². The number of methoxy groups -OCH3 is 1. The van der Waals surface area contributed by atoms with Gasteiger partial charge in [-0.3, -0.25) is 0 Å². The molecule has 1 rings (SSSR count). The van der Waals surface area contributed by atoms with Gasteiger partial charge in [0, 0.05) is 10.5 Å². The monoisotopic (exact) mass is 313 g/mol. The predicted octanol–water partition coefficient (Wildman–Crippen LogP) is 3.92. The minimum Gasteiger partial charge on any atom is -0.496 e. The van der Waals surface area contributed by atoms with Gasteiger partial charge in [-0.2, -0.15) is 0 Å². The van der Waals surface area contributed by atoms with E-state index in [1.807, 2.05) is 0 Å². The van der Waals surface area contributed by atoms with Crippen molar-refractivity contribution < 1.29 is 4.74 Å². The van der Waals surface area contributed by atoms with Crippen molar-refractivity contribution in [1.29, 1.82) is 0 Å². The molecule has 0 fully saturated rings. The smallest absolute Gasteiger partial charge is 0.125 e. The Kier molecular flexibility index (Phi) is 5.67. The van der Waals surface area contributed by atoms with Crippen LogP contribution in [0.3, 0.4) is 0 Å². The third-order valence-corrected chi connectivity index (χ3v) is 4.61. The van der Waals surface area contributed by atoms with Crippen molar-refractivity contribution in [1.82, 2.24) is 5.32 Å². The summed E-state index contributed by atoms with van der Waals surface area (Å²) in [4.78, 5) is 0. The molecule has 0 bridgehead atoms. The Morgan fingerprint density at radius 2 is 1.72 bits per heavy atom. The lowest BCUT2D eigenvalue weighted by Crippen LogP contribution is -2.25. The van der Waals surface area contributed by atoms with Crippen LogP contribution in [-0.4, -0.2) is 19.7 Å². The summed E-state index contributed by atoms with van der Waals surface area (Å²) in [6.45, 7) is 11.7. The van der Waals surface area contributed by atoms with E-state index in [4.69, 9.17) is 4.74 Å². The molecule has 0 aliphatic rings. The number of halogens is 1. The minimum atomic E-state index is 0.520. The van der Waals surface area contributed by atoms with E-state index < -0.39 is 0 Å². The van der Waals surface area contributed by atoms with Gasteiger partial charge in [-0.25, -0.2) is 0 Å². The molecule has 0 aromatic heterocycles. The average Bonchev–Trinajstić information content (AvgIpc) is 2.33. The molecule has 0 atom stereocenters. The molecular formula is C15H24BrNO. The van der Waals surface area contributed by atoms with E-state index in [0.29, 0.717) is 6.04 Å². The fourth-order valence-corrected chi connectivity index (χ4v) is 2.75. The molecule has 2 nitrogen and oxygen atoms in total. The summed E-state index contributed by atoms with van der Waals surface area (Å²) in [7, 11) is 1.76. The summed E-state index contributed by atoms with van der Waals surface area (Å²) in [5.74, 6) is 1.04. The van der Waals surface area contributed by atoms with Gasteiger partial charge in [0.15, 0.2) is 0 Å². The second kappa shape index (κ2) is 6.58. The molecule has 0 amide bonds. The largest absolute Gasteiger partial charge is 0.496 e. The van der Waals surface area contributed by atoms with E-state index >= 15 is 0 Å². The van der Waals surface area contributed by atoms with E-state index in [9.17, 15) is 0 Å². The van der Waals surface area contributed by atoms with Crippen molar-refractivity contribution in [2.75, 3.05) is 13.7 Å². The number of nitrogens with one attached hydrogen (secondary N) is 1. The van der Waals surface area contributed by atoms with Crippen molar-refractivity contribution in [2.24, 2.45) is 0 Å². The summed E-state index contributed by atoms with van der Waals surface area (Å²) in [5, 5.41) is 3.46. The van der Waals surface area contributed by atoms with Crippen LogP contribution in [0.25, 0.3) is 0 Å². The van der Waals surface area contributed by atoms with Crippen LogP contribution in [0.15, 0.2) is 4.47 Å². The number of hydrogen-bond donors (Lipinski definition) is 1. The maximum absolute atomic E-state index is 5.60. The molecule has 0 aliphatic carbocycles. The maximum atomic E-state index is 5.60. The molecule has 1 aromatic carbocycles. The molecule has 3 heteroatoms. The zero-order valence-electron chi connectivity index (χ0n) is 12.3. The van der Waals surface area contributed by atoms with E-state index in [2.05, 4.69) is 55.9 Å². The highest BCUT2D eigenvalue weighted by Crippen LogP contribution is 2.36. The first-order chi connectivity index (χ1) is 8.40. The van der Waals surface area contributed by atoms with Crippen LogP contribution >= 0.6 is 15.9 Å². The molecule has 0 radical (unpaired) electrons. The van der Waals surface area contributed by atoms with E-state index in [0.717, 1.165) is 18.7 Å². The van der Waals surface area contributed by atoms with Crippen LogP contribution in [0.4, 0.5) is 0 Å². The molecule has 0 saturated heterocycles. The molecule has 102 valence electrons. The van der Waals surface area contributed by atoms with Crippen LogP contribution in [0.5, 0.6) is 5.75 Å². The molecule has 0 aliphatic heterocycles. The van der Waals surface area contributed by atoms with Gasteiger partial charge < -0.3 is 10.1 Å². The number of ether oxygens (including phenoxy) is 1. The molecule has 0 unspecified atom stereocenters. The lowest BCUT2D eigenvalue weighted by atomic mass is 9.97. The minimum absolute atomic E-state index is 0.520. The Morgan fingerprint density at radius 1 is 1.11 bits per heavy atom. The molecule has 0 saturated carbocycles. The van der Waals surface area contributed by atoms with Crippen LogP contribution in [-0.2, 0) is 6.42 Å². The second-order valence-corrected chi connectivity index (χ2v) is 5.85. The Hall–Kier alpha value is -0.540. The van der Waals surface area contributed by atoms with Crippen molar-refractivity contribution in [2.45, 2.75) is 47.1 Å². The highest BCUT2D eigenvalue weighted by molar-refractivity contribution is 9.10. The first-order valence-corrected chi connectivity index (χ1v) is 7.24. The highest BCUT2D eigenvalue weighted by atomic mass is 79.9. The zero-order chi connectivity index (χ0) is 13.9. The average molecular weight is 314 g/mol. The third-order valence-electron chi connectivity index (χ3n) is 3.42. The normalized spacial score (nSPS) is 11.1. The van der Waals surface area contributed by atoms with Gasteiger partial charge in [0.1, 0.15) is 5.75 Å². The Morgan fingerprint density at radius 3 is 2.22 bits per heavy atom. The number of benzene rings is 1. The molecule has 0 spiro atoms. The molecule has 0 heterocycles. The SMILES string of the molecule is COc1c(C)c(C)c(Br)c(C)c1CCNC(C)C. The van der Waals surface area contributed by atoms with E-state index in [-0.39, 0.29) is 0 Å². The van der Waals surface area contributed by atoms with Gasteiger partial charge in [-0.15, -0.1) is 0 Å². The fraction of sp³-hybridized carbons (Fsp3) is 0.600. The predicted molar refractivity (Wildman–Crippen MR) is 81.7 cm³/mol. The first-order valence-electron chi connectivity index (χ1n) is 6.45. The zero-order valence-corrected chi connectivity index (χ0v) is 13.9. The Bertz CT molecular complexity index is 427. The summed E-state index contributed by atoms with van der Waals surface area (Å²) in [5.41, 5.74) is 5.10. The van der Waals surface area contributed by atoms with Crippen molar-refractivity contribution in [3.8, 4) is 5.75 Å². The second-order valence-electron chi connectivity index (χ2n) is 5.06. The number of rotatable bonds is 5. The van der Waals surface area contributed by atoms with Crippen LogP contribution in [0, 0.1) is 20.8 Å². The van der Waals surface area contributed by atoms with Gasteiger partial charge in [0.25, 0.3) is 0 Å². The highest BCUT2D eigenvalue weighted by Gasteiger charge is 2.16. The van der Waals surface area contributed by atoms with Gasteiger partial charge >= 0.3 is 0 Å². The Labute approximate surface area is 119 Å². The van der Waals surface area contributed by atoms with Crippen molar-refractivity contribution in [3.05, 3.63) is 26.7 Å². The molecule has 1 N–H and O–H groups in total. The Balaban J connectivity index is 3.09. The number of hydrogen-bond acceptors (Lipinski definition) is 2. The molecular weight excluding hydrogens is 290 g/mol. The maximum Gasteiger partial charge on any atom is 0.125 e. The quantitative estimate of drug-likeness (QED) is 0.889. The summed E-state index contributed by atoms with van der Waals surface area (Å²) in [6, 6.07) is 0.520. The van der Waals surface area contributed by atoms with Gasteiger partial charge in [0.2, 0.25) is 0 Å². The van der Waals surface area contributed by atoms with E-state index in [1.165, 1.54) is 26.7 Å². The molecule has 18 heavy (non-hydrogen) atoms. The van der Waals surface area contributed by atoms with Gasteiger partial charge in [-0.05, 0) is 56.0 Å². The van der Waals surface area contributed by atoms with E-state index in [1.54, 1.807) is 7.11 Å². The summed E-state index contributed by atoms with van der Waals surface area (Å²) in [6.07, 6.45) is 0.993. The third kappa shape index (κ3) is 3.27.